The predicted molar refractivity (Wildman–Crippen MR) is 90.9 cm³/mol. The van der Waals surface area contributed by atoms with Crippen LogP contribution in [-0.4, -0.2) is 51.8 Å². The molecule has 3 rings (SSSR count). The summed E-state index contributed by atoms with van der Waals surface area (Å²) in [4.78, 5) is 24.8. The van der Waals surface area contributed by atoms with E-state index in [0.717, 1.165) is 30.0 Å². The Morgan fingerprint density at radius 2 is 1.92 bits per heavy atom. The van der Waals surface area contributed by atoms with Crippen LogP contribution in [0.2, 0.25) is 0 Å². The largest absolute Gasteiger partial charge is 0.313 e. The molecule has 0 aromatic heterocycles. The van der Waals surface area contributed by atoms with Crippen LogP contribution < -0.4 is 10.0 Å². The molecule has 0 saturated heterocycles. The number of fused-ring (bicyclic) bond motifs is 1. The summed E-state index contributed by atoms with van der Waals surface area (Å²) in [5.41, 5.74) is 1.39. The summed E-state index contributed by atoms with van der Waals surface area (Å²) in [6.45, 7) is 1.81. The van der Waals surface area contributed by atoms with Crippen LogP contribution in [0.15, 0.2) is 34.7 Å². The lowest BCUT2D eigenvalue weighted by Gasteiger charge is -2.15. The van der Waals surface area contributed by atoms with Gasteiger partial charge in [0.25, 0.3) is 11.8 Å². The van der Waals surface area contributed by atoms with Crippen molar-refractivity contribution in [3.8, 4) is 0 Å². The van der Waals surface area contributed by atoms with Gasteiger partial charge in [-0.3, -0.25) is 14.5 Å². The number of nitrogens with one attached hydrogen (secondary N) is 2. The average molecular weight is 372 g/mol. The molecule has 0 saturated carbocycles. The third kappa shape index (κ3) is 3.36. The molecule has 2 aliphatic rings. The highest BCUT2D eigenvalue weighted by molar-refractivity contribution is 7.89. The summed E-state index contributed by atoms with van der Waals surface area (Å²) in [6.07, 6.45) is 2.76. The Kier molecular flexibility index (Phi) is 5.44. The van der Waals surface area contributed by atoms with Gasteiger partial charge in [-0.15, -0.1) is 12.4 Å². The second kappa shape index (κ2) is 7.02. The highest BCUT2D eigenvalue weighted by Gasteiger charge is 2.33. The van der Waals surface area contributed by atoms with Crippen LogP contribution in [0.1, 0.15) is 27.1 Å². The molecule has 1 aromatic carbocycles. The average Bonchev–Trinajstić information content (AvgIpc) is 2.78. The van der Waals surface area contributed by atoms with Crippen molar-refractivity contribution in [2.24, 2.45) is 0 Å². The normalized spacial score (nSPS) is 17.4. The Morgan fingerprint density at radius 1 is 1.21 bits per heavy atom. The molecule has 0 spiro atoms. The maximum Gasteiger partial charge on any atom is 0.261 e. The Balaban J connectivity index is 0.00000208. The summed E-state index contributed by atoms with van der Waals surface area (Å²) >= 11 is 0. The van der Waals surface area contributed by atoms with Gasteiger partial charge in [-0.1, -0.05) is 11.6 Å². The van der Waals surface area contributed by atoms with Crippen LogP contribution in [0.4, 0.5) is 0 Å². The van der Waals surface area contributed by atoms with Crippen LogP contribution in [0.5, 0.6) is 0 Å². The first kappa shape index (κ1) is 18.6. The van der Waals surface area contributed by atoms with E-state index in [2.05, 4.69) is 10.0 Å². The first-order valence-electron chi connectivity index (χ1n) is 7.25. The lowest BCUT2D eigenvalue weighted by atomic mass is 10.1. The van der Waals surface area contributed by atoms with Gasteiger partial charge < -0.3 is 5.32 Å². The minimum absolute atomic E-state index is 0. The molecule has 0 bridgehead atoms. The number of hydrogen-bond donors (Lipinski definition) is 2. The Hall–Kier alpha value is -1.74. The highest BCUT2D eigenvalue weighted by Crippen LogP contribution is 2.24. The van der Waals surface area contributed by atoms with Crippen LogP contribution in [0, 0.1) is 0 Å². The zero-order chi connectivity index (χ0) is 16.6. The van der Waals surface area contributed by atoms with Crippen molar-refractivity contribution in [3.63, 3.8) is 0 Å². The molecule has 1 aromatic rings. The molecule has 2 amide bonds. The maximum absolute atomic E-state index is 12.4. The molecule has 0 aliphatic carbocycles. The molecule has 0 fully saturated rings. The lowest BCUT2D eigenvalue weighted by Crippen LogP contribution is -2.29. The summed E-state index contributed by atoms with van der Waals surface area (Å²) < 4.78 is 27.3. The van der Waals surface area contributed by atoms with E-state index in [0.29, 0.717) is 0 Å². The summed E-state index contributed by atoms with van der Waals surface area (Å²) in [6, 6.07) is 4.00. The maximum atomic E-state index is 12.4. The third-order valence-corrected chi connectivity index (χ3v) is 5.42. The summed E-state index contributed by atoms with van der Waals surface area (Å²) in [5, 5.41) is 3.16. The van der Waals surface area contributed by atoms with Gasteiger partial charge in [0.05, 0.1) is 16.0 Å². The first-order valence-corrected chi connectivity index (χ1v) is 8.73. The van der Waals surface area contributed by atoms with E-state index in [9.17, 15) is 18.0 Å². The van der Waals surface area contributed by atoms with E-state index in [4.69, 9.17) is 0 Å². The van der Waals surface area contributed by atoms with E-state index >= 15 is 0 Å². The fourth-order valence-electron chi connectivity index (χ4n) is 2.61. The zero-order valence-electron chi connectivity index (χ0n) is 13.0. The van der Waals surface area contributed by atoms with Gasteiger partial charge >= 0.3 is 0 Å². The number of carbonyl (C=O) groups excluding carboxylic acids is 2. The smallest absolute Gasteiger partial charge is 0.261 e. The SMILES string of the molecule is CN1C(=O)c2ccc(S(=O)(=O)NCC3=CCNCC3)cc2C1=O.Cl. The number of benzene rings is 1. The van der Waals surface area contributed by atoms with Crippen LogP contribution in [0.25, 0.3) is 0 Å². The van der Waals surface area contributed by atoms with Crippen LogP contribution >= 0.6 is 12.4 Å². The molecule has 24 heavy (non-hydrogen) atoms. The van der Waals surface area contributed by atoms with Crippen molar-refractivity contribution in [2.45, 2.75) is 11.3 Å². The minimum atomic E-state index is -3.73. The van der Waals surface area contributed by atoms with Gasteiger partial charge in [0.1, 0.15) is 0 Å². The third-order valence-electron chi connectivity index (χ3n) is 4.02. The molecule has 0 radical (unpaired) electrons. The van der Waals surface area contributed by atoms with E-state index in [1.165, 1.54) is 25.2 Å². The van der Waals surface area contributed by atoms with E-state index in [1.54, 1.807) is 0 Å². The molecule has 2 aliphatic heterocycles. The number of nitrogens with zero attached hydrogens (tertiary/aromatic N) is 1. The molecule has 2 heterocycles. The van der Waals surface area contributed by atoms with Gasteiger partial charge in [-0.05, 0) is 31.2 Å². The highest BCUT2D eigenvalue weighted by atomic mass is 35.5. The van der Waals surface area contributed by atoms with Gasteiger partial charge in [-0.2, -0.15) is 0 Å². The van der Waals surface area contributed by atoms with Crippen LogP contribution in [-0.2, 0) is 10.0 Å². The molecule has 9 heteroatoms. The Labute approximate surface area is 146 Å². The van der Waals surface area contributed by atoms with Crippen molar-refractivity contribution in [3.05, 3.63) is 41.0 Å². The van der Waals surface area contributed by atoms with E-state index < -0.39 is 21.8 Å². The van der Waals surface area contributed by atoms with Crippen LogP contribution in [0.3, 0.4) is 0 Å². The monoisotopic (exact) mass is 371 g/mol. The number of hydrogen-bond acceptors (Lipinski definition) is 5. The van der Waals surface area contributed by atoms with E-state index in [1.807, 2.05) is 6.08 Å². The number of amides is 2. The molecule has 7 nitrogen and oxygen atoms in total. The predicted octanol–water partition coefficient (Wildman–Crippen LogP) is 0.532. The molecular weight excluding hydrogens is 354 g/mol. The molecule has 0 atom stereocenters. The topological polar surface area (TPSA) is 95.6 Å². The van der Waals surface area contributed by atoms with Gasteiger partial charge in [0.2, 0.25) is 10.0 Å². The van der Waals surface area contributed by atoms with Gasteiger partial charge in [0.15, 0.2) is 0 Å². The quantitative estimate of drug-likeness (QED) is 0.594. The second-order valence-corrected chi connectivity index (χ2v) is 7.28. The Bertz CT molecular complexity index is 820. The molecular formula is C15H18ClN3O4S. The fraction of sp³-hybridized carbons (Fsp3) is 0.333. The second-order valence-electron chi connectivity index (χ2n) is 5.52. The van der Waals surface area contributed by atoms with Crippen molar-refractivity contribution >= 4 is 34.2 Å². The summed E-state index contributed by atoms with van der Waals surface area (Å²) in [5.74, 6) is -0.898. The summed E-state index contributed by atoms with van der Waals surface area (Å²) in [7, 11) is -2.36. The number of imide groups is 1. The van der Waals surface area contributed by atoms with Crippen molar-refractivity contribution in [1.82, 2.24) is 14.9 Å². The lowest BCUT2D eigenvalue weighted by molar-refractivity contribution is 0.0693. The van der Waals surface area contributed by atoms with E-state index in [-0.39, 0.29) is 35.0 Å². The molecule has 2 N–H and O–H groups in total. The molecule has 0 unspecified atom stereocenters. The first-order chi connectivity index (χ1) is 10.9. The van der Waals surface area contributed by atoms with Crippen molar-refractivity contribution < 1.29 is 18.0 Å². The molecule has 130 valence electrons. The number of halogens is 1. The van der Waals surface area contributed by atoms with Gasteiger partial charge in [0, 0.05) is 20.1 Å². The standard InChI is InChI=1S/C15H17N3O4S.ClH/c1-18-14(19)12-3-2-11(8-13(12)15(18)20)23(21,22)17-9-10-4-6-16-7-5-10;/h2-4,8,16-17H,5-7,9H2,1H3;1H. The Morgan fingerprint density at radius 3 is 2.58 bits per heavy atom. The fourth-order valence-corrected chi connectivity index (χ4v) is 3.67. The van der Waals surface area contributed by atoms with Crippen molar-refractivity contribution in [1.29, 1.82) is 0 Å². The zero-order valence-corrected chi connectivity index (χ0v) is 14.7. The van der Waals surface area contributed by atoms with Crippen molar-refractivity contribution in [2.75, 3.05) is 26.7 Å². The number of sulfonamides is 1. The minimum Gasteiger partial charge on any atom is -0.313 e. The number of carbonyl (C=O) groups is 2. The number of rotatable bonds is 4. The van der Waals surface area contributed by atoms with Gasteiger partial charge in [-0.25, -0.2) is 13.1 Å².